The van der Waals surface area contributed by atoms with Crippen LogP contribution in [0.3, 0.4) is 0 Å². The summed E-state index contributed by atoms with van der Waals surface area (Å²) in [6.45, 7) is 1.93. The van der Waals surface area contributed by atoms with E-state index >= 15 is 0 Å². The molecule has 0 amide bonds. The van der Waals surface area contributed by atoms with Gasteiger partial charge in [-0.3, -0.25) is 0 Å². The van der Waals surface area contributed by atoms with Gasteiger partial charge in [0.25, 0.3) is 6.43 Å². The van der Waals surface area contributed by atoms with Crippen LogP contribution in [0.5, 0.6) is 0 Å². The summed E-state index contributed by atoms with van der Waals surface area (Å²) in [4.78, 5) is 1.08. The first kappa shape index (κ1) is 9.87. The summed E-state index contributed by atoms with van der Waals surface area (Å²) >= 11 is 7.42. The van der Waals surface area contributed by atoms with Crippen LogP contribution >= 0.6 is 22.9 Å². The minimum Gasteiger partial charge on any atom is -0.205 e. The van der Waals surface area contributed by atoms with Gasteiger partial charge in [0, 0.05) is 10.4 Å². The Balaban J connectivity index is 2.71. The minimum absolute atomic E-state index is 0.0136. The van der Waals surface area contributed by atoms with E-state index in [2.05, 4.69) is 0 Å². The normalized spacial score (nSPS) is 11.5. The lowest BCUT2D eigenvalue weighted by molar-refractivity contribution is 0.151. The number of hydrogen-bond acceptors (Lipinski definition) is 1. The molecule has 1 aromatic heterocycles. The molecule has 0 saturated heterocycles. The maximum atomic E-state index is 12.4. The second-order valence-electron chi connectivity index (χ2n) is 3.08. The minimum atomic E-state index is -2.46. The van der Waals surface area contributed by atoms with E-state index in [1.165, 1.54) is 23.5 Å². The van der Waals surface area contributed by atoms with Gasteiger partial charge in [0.05, 0.1) is 9.72 Å². The molecule has 2 aromatic rings. The van der Waals surface area contributed by atoms with Crippen molar-refractivity contribution in [1.29, 1.82) is 0 Å². The molecule has 0 spiro atoms. The van der Waals surface area contributed by atoms with Crippen molar-refractivity contribution >= 4 is 33.0 Å². The summed E-state index contributed by atoms with van der Waals surface area (Å²) in [7, 11) is 0. The molecular formula is C10H7ClF2S. The monoisotopic (exact) mass is 232 g/mol. The van der Waals surface area contributed by atoms with Crippen LogP contribution in [0.25, 0.3) is 10.1 Å². The van der Waals surface area contributed by atoms with E-state index in [1.54, 1.807) is 0 Å². The van der Waals surface area contributed by atoms with E-state index in [4.69, 9.17) is 11.6 Å². The Kier molecular flexibility index (Phi) is 2.45. The maximum Gasteiger partial charge on any atom is 0.263 e. The molecule has 14 heavy (non-hydrogen) atoms. The molecule has 0 aliphatic heterocycles. The quantitative estimate of drug-likeness (QED) is 0.663. The predicted octanol–water partition coefficient (Wildman–Crippen LogP) is 4.80. The summed E-state index contributed by atoms with van der Waals surface area (Å²) < 4.78 is 25.7. The molecule has 0 radical (unpaired) electrons. The number of alkyl halides is 2. The Bertz CT molecular complexity index is 476. The second kappa shape index (κ2) is 3.48. The molecule has 74 valence electrons. The highest BCUT2D eigenvalue weighted by Crippen LogP contribution is 2.35. The van der Waals surface area contributed by atoms with Crippen LogP contribution in [0.1, 0.15) is 16.9 Å². The van der Waals surface area contributed by atoms with Crippen LogP contribution in [-0.4, -0.2) is 0 Å². The summed E-state index contributed by atoms with van der Waals surface area (Å²) in [6, 6.07) is 4.71. The molecule has 0 saturated carbocycles. The Morgan fingerprint density at radius 3 is 2.64 bits per heavy atom. The van der Waals surface area contributed by atoms with E-state index in [-0.39, 0.29) is 5.56 Å². The van der Waals surface area contributed by atoms with E-state index < -0.39 is 6.43 Å². The molecule has 0 atom stereocenters. The molecular weight excluding hydrogens is 226 g/mol. The molecule has 1 heterocycles. The molecule has 0 bridgehead atoms. The standard InChI is InChI=1S/C10H7ClF2S/c1-5-2-6-3-7(10(12)13)4-8(11)9(6)14-5/h2-4,10H,1H3. The summed E-state index contributed by atoms with van der Waals surface area (Å²) in [5.74, 6) is 0. The third-order valence-corrected chi connectivity index (χ3v) is 3.48. The van der Waals surface area contributed by atoms with Crippen molar-refractivity contribution < 1.29 is 8.78 Å². The van der Waals surface area contributed by atoms with Gasteiger partial charge in [0.1, 0.15) is 0 Å². The third kappa shape index (κ3) is 1.62. The van der Waals surface area contributed by atoms with Crippen LogP contribution < -0.4 is 0 Å². The lowest BCUT2D eigenvalue weighted by Gasteiger charge is -2.00. The topological polar surface area (TPSA) is 0 Å². The molecule has 0 nitrogen and oxygen atoms in total. The average molecular weight is 233 g/mol. The van der Waals surface area contributed by atoms with E-state index in [9.17, 15) is 8.78 Å². The molecule has 1 aromatic carbocycles. The number of aryl methyl sites for hydroxylation is 1. The summed E-state index contributed by atoms with van der Waals surface area (Å²) in [6.07, 6.45) is -2.46. The highest BCUT2D eigenvalue weighted by molar-refractivity contribution is 7.19. The lowest BCUT2D eigenvalue weighted by atomic mass is 10.2. The van der Waals surface area contributed by atoms with Gasteiger partial charge < -0.3 is 0 Å². The smallest absolute Gasteiger partial charge is 0.205 e. The molecule has 4 heteroatoms. The Hall–Kier alpha value is -0.670. The molecule has 0 N–H and O–H groups in total. The number of hydrogen-bond donors (Lipinski definition) is 0. The van der Waals surface area contributed by atoms with Crippen LogP contribution in [-0.2, 0) is 0 Å². The third-order valence-electron chi connectivity index (χ3n) is 1.97. The fourth-order valence-electron chi connectivity index (χ4n) is 1.39. The molecule has 0 aliphatic rings. The van der Waals surface area contributed by atoms with Gasteiger partial charge in [0.2, 0.25) is 0 Å². The highest BCUT2D eigenvalue weighted by Gasteiger charge is 2.11. The van der Waals surface area contributed by atoms with Crippen LogP contribution in [0.4, 0.5) is 8.78 Å². The van der Waals surface area contributed by atoms with Crippen molar-refractivity contribution in [3.8, 4) is 0 Å². The van der Waals surface area contributed by atoms with E-state index in [0.29, 0.717) is 5.02 Å². The fraction of sp³-hybridized carbons (Fsp3) is 0.200. The first-order valence-corrected chi connectivity index (χ1v) is 5.25. The van der Waals surface area contributed by atoms with Crippen LogP contribution in [0.2, 0.25) is 5.02 Å². The number of benzene rings is 1. The van der Waals surface area contributed by atoms with Crippen molar-refractivity contribution in [1.82, 2.24) is 0 Å². The van der Waals surface area contributed by atoms with Crippen LogP contribution in [0, 0.1) is 6.92 Å². The number of thiophene rings is 1. The van der Waals surface area contributed by atoms with Gasteiger partial charge in [-0.1, -0.05) is 11.6 Å². The zero-order valence-electron chi connectivity index (χ0n) is 7.35. The Labute approximate surface area is 89.1 Å². The van der Waals surface area contributed by atoms with Crippen molar-refractivity contribution in [2.45, 2.75) is 13.3 Å². The van der Waals surface area contributed by atoms with Gasteiger partial charge in [0.15, 0.2) is 0 Å². The van der Waals surface area contributed by atoms with E-state index in [1.807, 2.05) is 13.0 Å². The maximum absolute atomic E-state index is 12.4. The number of rotatable bonds is 1. The summed E-state index contributed by atoms with van der Waals surface area (Å²) in [5.41, 5.74) is -0.0136. The molecule has 0 unspecified atom stereocenters. The molecule has 0 aliphatic carbocycles. The first-order chi connectivity index (χ1) is 6.58. The van der Waals surface area contributed by atoms with Gasteiger partial charge in [-0.2, -0.15) is 0 Å². The zero-order chi connectivity index (χ0) is 10.3. The molecule has 0 fully saturated rings. The van der Waals surface area contributed by atoms with Gasteiger partial charge in [-0.15, -0.1) is 11.3 Å². The SMILES string of the molecule is Cc1cc2cc(C(F)F)cc(Cl)c2s1. The predicted molar refractivity (Wildman–Crippen MR) is 56.5 cm³/mol. The lowest BCUT2D eigenvalue weighted by Crippen LogP contribution is -1.82. The largest absolute Gasteiger partial charge is 0.263 e. The van der Waals surface area contributed by atoms with Gasteiger partial charge in [-0.25, -0.2) is 8.78 Å². The first-order valence-electron chi connectivity index (χ1n) is 4.05. The van der Waals surface area contributed by atoms with Crippen molar-refractivity contribution in [3.63, 3.8) is 0 Å². The highest BCUT2D eigenvalue weighted by atomic mass is 35.5. The van der Waals surface area contributed by atoms with Crippen molar-refractivity contribution in [2.24, 2.45) is 0 Å². The van der Waals surface area contributed by atoms with Crippen LogP contribution in [0.15, 0.2) is 18.2 Å². The Morgan fingerprint density at radius 2 is 2.00 bits per heavy atom. The zero-order valence-corrected chi connectivity index (χ0v) is 8.92. The number of fused-ring (bicyclic) bond motifs is 1. The van der Waals surface area contributed by atoms with Crippen molar-refractivity contribution in [2.75, 3.05) is 0 Å². The van der Waals surface area contributed by atoms with Crippen molar-refractivity contribution in [3.05, 3.63) is 33.7 Å². The Morgan fingerprint density at radius 1 is 1.29 bits per heavy atom. The van der Waals surface area contributed by atoms with Gasteiger partial charge in [-0.05, 0) is 30.5 Å². The van der Waals surface area contributed by atoms with E-state index in [0.717, 1.165) is 15.0 Å². The fourth-order valence-corrected chi connectivity index (χ4v) is 2.64. The summed E-state index contributed by atoms with van der Waals surface area (Å²) in [5, 5.41) is 1.21. The second-order valence-corrected chi connectivity index (χ2v) is 4.74. The van der Waals surface area contributed by atoms with Gasteiger partial charge >= 0.3 is 0 Å². The average Bonchev–Trinajstić information content (AvgIpc) is 2.45. The number of halogens is 3. The molecule has 2 rings (SSSR count).